The van der Waals surface area contributed by atoms with Crippen molar-refractivity contribution in [3.63, 3.8) is 0 Å². The summed E-state index contributed by atoms with van der Waals surface area (Å²) >= 11 is 1.37. The fourth-order valence-electron chi connectivity index (χ4n) is 4.43. The van der Waals surface area contributed by atoms with Gasteiger partial charge in [0.2, 0.25) is 10.0 Å². The Balaban J connectivity index is 1.64. The average molecular weight is 480 g/mol. The van der Waals surface area contributed by atoms with Crippen molar-refractivity contribution < 1.29 is 13.2 Å². The fraction of sp³-hybridized carbons (Fsp3) is 0.636. The molecule has 0 saturated carbocycles. The van der Waals surface area contributed by atoms with E-state index in [1.165, 1.54) is 24.2 Å². The van der Waals surface area contributed by atoms with Crippen molar-refractivity contribution >= 4 is 27.3 Å². The van der Waals surface area contributed by atoms with Crippen molar-refractivity contribution in [1.29, 1.82) is 0 Å². The number of carbonyl (C=O) groups excluding carboxylic acids is 1. The van der Waals surface area contributed by atoms with Crippen LogP contribution in [0.15, 0.2) is 11.0 Å². The molecule has 0 unspecified atom stereocenters. The molecule has 176 valence electrons. The van der Waals surface area contributed by atoms with Crippen LogP contribution in [-0.4, -0.2) is 84.3 Å². The van der Waals surface area contributed by atoms with Crippen LogP contribution in [0.5, 0.6) is 0 Å². The molecule has 0 spiro atoms. The number of likely N-dealkylation sites (N-methyl/N-ethyl adjacent to an activating group) is 1. The lowest BCUT2D eigenvalue weighted by atomic mass is 10.2. The first-order chi connectivity index (χ1) is 15.2. The van der Waals surface area contributed by atoms with Crippen LogP contribution in [0, 0.1) is 13.8 Å². The first kappa shape index (κ1) is 23.4. The molecule has 1 amide bonds. The van der Waals surface area contributed by atoms with Gasteiger partial charge in [0.05, 0.1) is 11.4 Å². The fourth-order valence-corrected chi connectivity index (χ4v) is 7.21. The molecule has 2 aromatic heterocycles. The smallest absolute Gasteiger partial charge is 0.265 e. The lowest BCUT2D eigenvalue weighted by molar-refractivity contribution is 0.0765. The average Bonchev–Trinajstić information content (AvgIpc) is 3.14. The topological polar surface area (TPSA) is 78.8 Å². The Morgan fingerprint density at radius 3 is 2.22 bits per heavy atom. The van der Waals surface area contributed by atoms with Crippen LogP contribution in [-0.2, 0) is 17.1 Å². The minimum absolute atomic E-state index is 0.0457. The largest absolute Gasteiger partial charge is 0.345 e. The van der Waals surface area contributed by atoms with Gasteiger partial charge in [0.25, 0.3) is 5.91 Å². The van der Waals surface area contributed by atoms with Gasteiger partial charge in [0.15, 0.2) is 0 Å². The van der Waals surface area contributed by atoms with E-state index in [0.717, 1.165) is 44.7 Å². The standard InChI is InChI=1S/C22H33N5O3S2/c1-16-20(22(28)26-9-7-5-6-8-10-26)31-21(23-16)18-15-19(17(2)25(18)4)32(29,30)27-13-11-24(3)12-14-27/h15H,5-14H2,1-4H3. The number of rotatable bonds is 4. The highest BCUT2D eigenvalue weighted by atomic mass is 32.2. The molecule has 0 aliphatic carbocycles. The third-order valence-electron chi connectivity index (χ3n) is 6.67. The summed E-state index contributed by atoms with van der Waals surface area (Å²) in [5, 5.41) is 0.686. The monoisotopic (exact) mass is 479 g/mol. The van der Waals surface area contributed by atoms with Crippen LogP contribution < -0.4 is 0 Å². The third kappa shape index (κ3) is 4.37. The minimum atomic E-state index is -3.58. The number of aromatic nitrogens is 2. The SMILES string of the molecule is Cc1nc(-c2cc(S(=O)(=O)N3CCN(C)CC3)c(C)n2C)sc1C(=O)N1CCCCCC1. The van der Waals surface area contributed by atoms with E-state index in [-0.39, 0.29) is 5.91 Å². The number of hydrogen-bond donors (Lipinski definition) is 0. The highest BCUT2D eigenvalue weighted by Crippen LogP contribution is 2.34. The molecule has 2 aliphatic rings. The molecule has 0 atom stereocenters. The molecule has 0 bridgehead atoms. The normalized spacial score (nSPS) is 19.3. The van der Waals surface area contributed by atoms with Crippen molar-refractivity contribution in [3.8, 4) is 10.7 Å². The van der Waals surface area contributed by atoms with Crippen molar-refractivity contribution in [2.75, 3.05) is 46.3 Å². The maximum absolute atomic E-state index is 13.3. The van der Waals surface area contributed by atoms with Crippen molar-refractivity contribution in [1.82, 2.24) is 23.7 Å². The van der Waals surface area contributed by atoms with Gasteiger partial charge in [-0.05, 0) is 39.8 Å². The number of thiazole rings is 1. The third-order valence-corrected chi connectivity index (χ3v) is 9.85. The summed E-state index contributed by atoms with van der Waals surface area (Å²) in [4.78, 5) is 22.9. The Labute approximate surface area is 194 Å². The second-order valence-electron chi connectivity index (χ2n) is 8.89. The molecule has 2 fully saturated rings. The predicted octanol–water partition coefficient (Wildman–Crippen LogP) is 2.72. The van der Waals surface area contributed by atoms with Gasteiger partial charge in [-0.3, -0.25) is 4.79 Å². The molecule has 4 rings (SSSR count). The van der Waals surface area contributed by atoms with Crippen LogP contribution in [0.1, 0.15) is 46.7 Å². The zero-order valence-electron chi connectivity index (χ0n) is 19.4. The van der Waals surface area contributed by atoms with E-state index in [4.69, 9.17) is 0 Å². The first-order valence-corrected chi connectivity index (χ1v) is 13.6. The highest BCUT2D eigenvalue weighted by Gasteiger charge is 2.32. The molecule has 0 radical (unpaired) electrons. The Morgan fingerprint density at radius 1 is 0.969 bits per heavy atom. The van der Waals surface area contributed by atoms with E-state index in [0.29, 0.717) is 39.3 Å². The summed E-state index contributed by atoms with van der Waals surface area (Å²) in [5.41, 5.74) is 2.13. The summed E-state index contributed by atoms with van der Waals surface area (Å²) in [7, 11) is 0.288. The van der Waals surface area contributed by atoms with Gasteiger partial charge in [-0.15, -0.1) is 11.3 Å². The maximum Gasteiger partial charge on any atom is 0.265 e. The molecule has 2 aliphatic heterocycles. The lowest BCUT2D eigenvalue weighted by Gasteiger charge is -2.31. The Kier molecular flexibility index (Phi) is 6.76. The molecule has 2 aromatic rings. The Morgan fingerprint density at radius 2 is 1.59 bits per heavy atom. The second kappa shape index (κ2) is 9.24. The number of amides is 1. The van der Waals surface area contributed by atoms with Gasteiger partial charge in [-0.2, -0.15) is 4.31 Å². The molecule has 4 heterocycles. The summed E-state index contributed by atoms with van der Waals surface area (Å²) in [6.07, 6.45) is 4.43. The van der Waals surface area contributed by atoms with Gasteiger partial charge in [-0.1, -0.05) is 12.8 Å². The number of piperazine rings is 1. The van der Waals surface area contributed by atoms with Gasteiger partial charge in [-0.25, -0.2) is 13.4 Å². The van der Waals surface area contributed by atoms with E-state index in [1.807, 2.05) is 37.4 Å². The molecule has 32 heavy (non-hydrogen) atoms. The van der Waals surface area contributed by atoms with E-state index in [1.54, 1.807) is 10.4 Å². The van der Waals surface area contributed by atoms with Crippen LogP contribution in [0.3, 0.4) is 0 Å². The summed E-state index contributed by atoms with van der Waals surface area (Å²) in [6.45, 7) is 7.72. The molecule has 10 heteroatoms. The first-order valence-electron chi connectivity index (χ1n) is 11.3. The number of nitrogens with zero attached hydrogens (tertiary/aromatic N) is 5. The van der Waals surface area contributed by atoms with Gasteiger partial charge in [0.1, 0.15) is 14.8 Å². The molecule has 8 nitrogen and oxygen atoms in total. The van der Waals surface area contributed by atoms with E-state index in [9.17, 15) is 13.2 Å². The number of sulfonamides is 1. The summed E-state index contributed by atoms with van der Waals surface area (Å²) < 4.78 is 30.1. The zero-order chi connectivity index (χ0) is 23.0. The van der Waals surface area contributed by atoms with Crippen LogP contribution in [0.4, 0.5) is 0 Å². The number of hydrogen-bond acceptors (Lipinski definition) is 6. The maximum atomic E-state index is 13.3. The van der Waals surface area contributed by atoms with Gasteiger partial charge in [0, 0.05) is 52.0 Å². The van der Waals surface area contributed by atoms with Crippen molar-refractivity contribution in [2.45, 2.75) is 44.4 Å². The van der Waals surface area contributed by atoms with E-state index in [2.05, 4.69) is 9.88 Å². The van der Waals surface area contributed by atoms with Crippen LogP contribution in [0.2, 0.25) is 0 Å². The van der Waals surface area contributed by atoms with E-state index >= 15 is 0 Å². The number of aryl methyl sites for hydroxylation is 1. The van der Waals surface area contributed by atoms with Crippen molar-refractivity contribution in [3.05, 3.63) is 22.3 Å². The predicted molar refractivity (Wildman–Crippen MR) is 127 cm³/mol. The molecular formula is C22H33N5O3S2. The molecule has 0 aromatic carbocycles. The highest BCUT2D eigenvalue weighted by molar-refractivity contribution is 7.89. The van der Waals surface area contributed by atoms with Crippen molar-refractivity contribution in [2.24, 2.45) is 7.05 Å². The van der Waals surface area contributed by atoms with Gasteiger partial charge < -0.3 is 14.4 Å². The second-order valence-corrected chi connectivity index (χ2v) is 11.8. The minimum Gasteiger partial charge on any atom is -0.345 e. The number of likely N-dealkylation sites (tertiary alicyclic amines) is 1. The zero-order valence-corrected chi connectivity index (χ0v) is 21.1. The Hall–Kier alpha value is -1.75. The summed E-state index contributed by atoms with van der Waals surface area (Å²) in [6, 6.07) is 1.72. The molecule has 0 N–H and O–H groups in total. The number of carbonyl (C=O) groups is 1. The molecule has 2 saturated heterocycles. The molecular weight excluding hydrogens is 446 g/mol. The van der Waals surface area contributed by atoms with E-state index < -0.39 is 10.0 Å². The quantitative estimate of drug-likeness (QED) is 0.674. The Bertz CT molecular complexity index is 1090. The lowest BCUT2D eigenvalue weighted by Crippen LogP contribution is -2.47. The van der Waals surface area contributed by atoms with Gasteiger partial charge >= 0.3 is 0 Å². The van der Waals surface area contributed by atoms with Crippen LogP contribution >= 0.6 is 11.3 Å². The van der Waals surface area contributed by atoms with Crippen LogP contribution in [0.25, 0.3) is 10.7 Å². The summed E-state index contributed by atoms with van der Waals surface area (Å²) in [5.74, 6) is 0.0457.